The topological polar surface area (TPSA) is 0 Å². The Kier molecular flexibility index (Phi) is 4.03. The molecular formula is C24H28. The van der Waals surface area contributed by atoms with Crippen LogP contribution in [0.4, 0.5) is 0 Å². The van der Waals surface area contributed by atoms with Crippen molar-refractivity contribution in [1.82, 2.24) is 0 Å². The molecule has 0 radical (unpaired) electrons. The largest absolute Gasteiger partial charge is 0.0579 e. The molecule has 3 aromatic rings. The molecule has 0 N–H and O–H groups in total. The predicted octanol–water partition coefficient (Wildman–Crippen LogP) is 7.10. The molecule has 0 heterocycles. The molecule has 0 bridgehead atoms. The lowest BCUT2D eigenvalue weighted by atomic mass is 9.85. The van der Waals surface area contributed by atoms with Crippen molar-refractivity contribution >= 4 is 10.8 Å². The van der Waals surface area contributed by atoms with Gasteiger partial charge in [-0.25, -0.2) is 0 Å². The van der Waals surface area contributed by atoms with E-state index in [4.69, 9.17) is 0 Å². The lowest BCUT2D eigenvalue weighted by Gasteiger charge is -2.20. The van der Waals surface area contributed by atoms with Gasteiger partial charge in [-0.2, -0.15) is 0 Å². The Morgan fingerprint density at radius 2 is 0.958 bits per heavy atom. The first-order valence-corrected chi connectivity index (χ1v) is 8.80. The third kappa shape index (κ3) is 3.38. The summed E-state index contributed by atoms with van der Waals surface area (Å²) in [6.07, 6.45) is 0. The van der Waals surface area contributed by atoms with Gasteiger partial charge < -0.3 is 0 Å². The maximum Gasteiger partial charge on any atom is -0.0132 e. The molecule has 0 aromatic heterocycles. The van der Waals surface area contributed by atoms with Crippen LogP contribution in [0.25, 0.3) is 21.9 Å². The molecule has 0 heteroatoms. The molecule has 3 rings (SSSR count). The minimum atomic E-state index is 0.179. The summed E-state index contributed by atoms with van der Waals surface area (Å²) in [5.74, 6) is 0. The van der Waals surface area contributed by atoms with Gasteiger partial charge in [0.05, 0.1) is 0 Å². The second kappa shape index (κ2) is 5.77. The fourth-order valence-electron chi connectivity index (χ4n) is 3.06. The maximum atomic E-state index is 2.34. The zero-order valence-electron chi connectivity index (χ0n) is 15.8. The monoisotopic (exact) mass is 316 g/mol. The summed E-state index contributed by atoms with van der Waals surface area (Å²) in [5.41, 5.74) is 5.71. The Bertz CT molecular complexity index is 853. The van der Waals surface area contributed by atoms with Gasteiger partial charge in [0.2, 0.25) is 0 Å². The van der Waals surface area contributed by atoms with Crippen LogP contribution in [0.15, 0.2) is 60.7 Å². The van der Waals surface area contributed by atoms with Crippen LogP contribution in [0.5, 0.6) is 0 Å². The average Bonchev–Trinajstić information content (AvgIpc) is 2.52. The van der Waals surface area contributed by atoms with Gasteiger partial charge in [0.25, 0.3) is 0 Å². The molecule has 124 valence electrons. The van der Waals surface area contributed by atoms with Crippen molar-refractivity contribution in [2.75, 3.05) is 0 Å². The molecule has 0 aliphatic carbocycles. The van der Waals surface area contributed by atoms with E-state index in [1.165, 1.54) is 33.0 Å². The zero-order valence-corrected chi connectivity index (χ0v) is 15.8. The molecule has 0 saturated heterocycles. The van der Waals surface area contributed by atoms with Crippen molar-refractivity contribution in [2.24, 2.45) is 0 Å². The normalized spacial score (nSPS) is 12.6. The summed E-state index contributed by atoms with van der Waals surface area (Å²) >= 11 is 0. The Morgan fingerprint density at radius 1 is 0.458 bits per heavy atom. The molecule has 0 aliphatic rings. The second-order valence-corrected chi connectivity index (χ2v) is 8.85. The summed E-state index contributed by atoms with van der Waals surface area (Å²) in [6, 6.07) is 22.6. The second-order valence-electron chi connectivity index (χ2n) is 8.85. The Hall–Kier alpha value is -2.08. The summed E-state index contributed by atoms with van der Waals surface area (Å²) < 4.78 is 0. The highest BCUT2D eigenvalue weighted by Crippen LogP contribution is 2.30. The van der Waals surface area contributed by atoms with Gasteiger partial charge in [0.1, 0.15) is 0 Å². The van der Waals surface area contributed by atoms with Gasteiger partial charge in [-0.05, 0) is 49.9 Å². The molecule has 24 heavy (non-hydrogen) atoms. The van der Waals surface area contributed by atoms with Crippen LogP contribution in [0.1, 0.15) is 52.7 Å². The Labute approximate surface area is 146 Å². The lowest BCUT2D eigenvalue weighted by Crippen LogP contribution is -2.10. The van der Waals surface area contributed by atoms with Gasteiger partial charge in [-0.15, -0.1) is 0 Å². The summed E-state index contributed by atoms with van der Waals surface area (Å²) in [5, 5.41) is 2.62. The number of hydrogen-bond acceptors (Lipinski definition) is 0. The van der Waals surface area contributed by atoms with E-state index < -0.39 is 0 Å². The van der Waals surface area contributed by atoms with E-state index in [1.807, 2.05) is 0 Å². The van der Waals surface area contributed by atoms with Crippen LogP contribution in [0.2, 0.25) is 0 Å². The number of hydrogen-bond donors (Lipinski definition) is 0. The van der Waals surface area contributed by atoms with Gasteiger partial charge in [-0.3, -0.25) is 0 Å². The van der Waals surface area contributed by atoms with Gasteiger partial charge in [0.15, 0.2) is 0 Å². The van der Waals surface area contributed by atoms with Crippen molar-refractivity contribution in [3.8, 4) is 11.1 Å². The number of benzene rings is 3. The first kappa shape index (κ1) is 16.8. The van der Waals surface area contributed by atoms with Crippen LogP contribution in [0, 0.1) is 0 Å². The molecule has 0 saturated carbocycles. The fourth-order valence-corrected chi connectivity index (χ4v) is 3.06. The highest BCUT2D eigenvalue weighted by Gasteiger charge is 2.15. The van der Waals surface area contributed by atoms with Gasteiger partial charge >= 0.3 is 0 Å². The van der Waals surface area contributed by atoms with Crippen LogP contribution < -0.4 is 0 Å². The zero-order chi connectivity index (χ0) is 17.5. The van der Waals surface area contributed by atoms with E-state index >= 15 is 0 Å². The van der Waals surface area contributed by atoms with Crippen LogP contribution in [0.3, 0.4) is 0 Å². The van der Waals surface area contributed by atoms with E-state index in [9.17, 15) is 0 Å². The first-order valence-electron chi connectivity index (χ1n) is 8.80. The van der Waals surface area contributed by atoms with E-state index in [-0.39, 0.29) is 10.8 Å². The average molecular weight is 316 g/mol. The van der Waals surface area contributed by atoms with Crippen molar-refractivity contribution in [1.29, 1.82) is 0 Å². The van der Waals surface area contributed by atoms with Crippen molar-refractivity contribution in [3.05, 3.63) is 71.8 Å². The minimum Gasteiger partial charge on any atom is -0.0579 e. The molecule has 3 aromatic carbocycles. The summed E-state index contributed by atoms with van der Waals surface area (Å²) in [4.78, 5) is 0. The maximum absolute atomic E-state index is 2.34. The molecule has 0 fully saturated rings. The third-order valence-corrected chi connectivity index (χ3v) is 4.79. The third-order valence-electron chi connectivity index (χ3n) is 4.79. The molecule has 0 spiro atoms. The molecule has 0 amide bonds. The van der Waals surface area contributed by atoms with Crippen molar-refractivity contribution in [3.63, 3.8) is 0 Å². The van der Waals surface area contributed by atoms with Gasteiger partial charge in [-0.1, -0.05) is 96.1 Å². The summed E-state index contributed by atoms with van der Waals surface area (Å²) in [6.45, 7) is 13.6. The van der Waals surface area contributed by atoms with E-state index in [1.54, 1.807) is 0 Å². The quantitative estimate of drug-likeness (QED) is 0.449. The van der Waals surface area contributed by atoms with E-state index in [2.05, 4.69) is 102 Å². The van der Waals surface area contributed by atoms with E-state index in [0.29, 0.717) is 0 Å². The minimum absolute atomic E-state index is 0.179. The number of fused-ring (bicyclic) bond motifs is 1. The highest BCUT2D eigenvalue weighted by molar-refractivity contribution is 5.88. The standard InChI is InChI=1S/C24H28/c1-23(2,3)21-12-9-17(10-13-21)19-8-7-18-11-14-22(24(4,5)6)16-20(18)15-19/h7-16H,1-6H3. The fraction of sp³-hybridized carbons (Fsp3) is 0.333. The molecule has 0 unspecified atom stereocenters. The van der Waals surface area contributed by atoms with Crippen LogP contribution in [-0.2, 0) is 10.8 Å². The van der Waals surface area contributed by atoms with Crippen molar-refractivity contribution in [2.45, 2.75) is 52.4 Å². The van der Waals surface area contributed by atoms with Crippen LogP contribution in [-0.4, -0.2) is 0 Å². The summed E-state index contributed by atoms with van der Waals surface area (Å²) in [7, 11) is 0. The van der Waals surface area contributed by atoms with Crippen LogP contribution >= 0.6 is 0 Å². The Balaban J connectivity index is 2.03. The first-order chi connectivity index (χ1) is 11.1. The van der Waals surface area contributed by atoms with E-state index in [0.717, 1.165) is 0 Å². The SMILES string of the molecule is CC(C)(C)c1ccc(-c2ccc3ccc(C(C)(C)C)cc3c2)cc1. The Morgan fingerprint density at radius 3 is 1.54 bits per heavy atom. The smallest absolute Gasteiger partial charge is 0.0132 e. The highest BCUT2D eigenvalue weighted by atomic mass is 14.2. The molecule has 0 nitrogen and oxygen atoms in total. The number of rotatable bonds is 1. The molecular weight excluding hydrogens is 288 g/mol. The lowest BCUT2D eigenvalue weighted by molar-refractivity contribution is 0.590. The molecule has 0 atom stereocenters. The molecule has 0 aliphatic heterocycles. The van der Waals surface area contributed by atoms with Gasteiger partial charge in [0, 0.05) is 0 Å². The van der Waals surface area contributed by atoms with Crippen molar-refractivity contribution < 1.29 is 0 Å². The predicted molar refractivity (Wildman–Crippen MR) is 107 cm³/mol.